The fraction of sp³-hybridized carbons (Fsp3) is 0.245. The van der Waals surface area contributed by atoms with Gasteiger partial charge in [-0.2, -0.15) is 0 Å². The average Bonchev–Trinajstić information content (AvgIpc) is 3.99. The molecule has 3 heterocycles. The third kappa shape index (κ3) is 9.16. The lowest BCUT2D eigenvalue weighted by atomic mass is 9.92. The Kier molecular flexibility index (Phi) is 12.6. The number of alkyl carbamates (subject to hydrolysis) is 1. The van der Waals surface area contributed by atoms with Crippen LogP contribution in [0.15, 0.2) is 122 Å². The molecule has 0 spiro atoms. The Labute approximate surface area is 360 Å². The number of carbonyl (C=O) groups is 3. The van der Waals surface area contributed by atoms with Gasteiger partial charge in [0.15, 0.2) is 0 Å². The second-order valence-corrected chi connectivity index (χ2v) is 15.2. The smallest absolute Gasteiger partial charge is 0.410 e. The molecule has 0 saturated carbocycles. The Bertz CT molecular complexity index is 2680. The summed E-state index contributed by atoms with van der Waals surface area (Å²) in [5, 5.41) is 4.74. The van der Waals surface area contributed by atoms with E-state index in [1.165, 1.54) is 7.11 Å². The molecule has 0 saturated heterocycles. The lowest BCUT2D eigenvalue weighted by Crippen LogP contribution is -2.43. The summed E-state index contributed by atoms with van der Waals surface area (Å²) in [6.45, 7) is 6.22. The summed E-state index contributed by atoms with van der Waals surface area (Å²) in [7, 11) is 1.28. The molecule has 1 atom stereocenters. The molecule has 1 aliphatic rings. The Morgan fingerprint density at radius 2 is 1.39 bits per heavy atom. The summed E-state index contributed by atoms with van der Waals surface area (Å²) in [6, 6.07) is 34.7. The van der Waals surface area contributed by atoms with Crippen LogP contribution in [0.2, 0.25) is 0 Å². The highest BCUT2D eigenvalue weighted by atomic mass is 16.6. The van der Waals surface area contributed by atoms with Crippen LogP contribution in [0, 0.1) is 0 Å². The number of benzene rings is 5. The van der Waals surface area contributed by atoms with Gasteiger partial charge in [-0.05, 0) is 64.2 Å². The SMILES string of the molecule is CCCN(Cc1ncc(-c2ccc3c4c(ccc3c2)-c2ccc(-c3cnc(CN(CCC)C(=O)[C@H](NC(=O)OC)c5ccccc5)[nH]3)cc2CO4)[nH]1)C(=O)OCc1ccccc1. The van der Waals surface area contributed by atoms with Gasteiger partial charge >= 0.3 is 12.2 Å². The van der Waals surface area contributed by atoms with Crippen molar-refractivity contribution in [2.45, 2.75) is 59.0 Å². The van der Waals surface area contributed by atoms with Crippen molar-refractivity contribution in [3.63, 3.8) is 0 Å². The van der Waals surface area contributed by atoms with Gasteiger partial charge in [0.05, 0.1) is 44.0 Å². The Morgan fingerprint density at radius 1 is 0.758 bits per heavy atom. The first kappa shape index (κ1) is 41.3. The van der Waals surface area contributed by atoms with Gasteiger partial charge in [0.2, 0.25) is 5.91 Å². The largest absolute Gasteiger partial charge is 0.488 e. The van der Waals surface area contributed by atoms with Crippen LogP contribution in [0.3, 0.4) is 0 Å². The minimum Gasteiger partial charge on any atom is -0.488 e. The monoisotopic (exact) mass is 831 g/mol. The molecule has 8 rings (SSSR count). The van der Waals surface area contributed by atoms with Crippen molar-refractivity contribution in [3.05, 3.63) is 150 Å². The maximum absolute atomic E-state index is 13.9. The van der Waals surface area contributed by atoms with Gasteiger partial charge in [0.25, 0.3) is 0 Å². The number of fused-ring (bicyclic) bond motifs is 5. The number of nitrogens with zero attached hydrogens (tertiary/aromatic N) is 4. The molecule has 1 aliphatic heterocycles. The van der Waals surface area contributed by atoms with Gasteiger partial charge < -0.3 is 39.3 Å². The number of carbonyl (C=O) groups excluding carboxylic acids is 3. The number of imidazole rings is 2. The summed E-state index contributed by atoms with van der Waals surface area (Å²) in [5.74, 6) is 1.89. The van der Waals surface area contributed by atoms with Crippen molar-refractivity contribution >= 4 is 28.9 Å². The van der Waals surface area contributed by atoms with Gasteiger partial charge in [-0.3, -0.25) is 4.79 Å². The summed E-state index contributed by atoms with van der Waals surface area (Å²) in [4.78, 5) is 58.6. The number of H-pyrrole nitrogens is 2. The minimum atomic E-state index is -0.907. The maximum Gasteiger partial charge on any atom is 0.410 e. The van der Waals surface area contributed by atoms with E-state index in [-0.39, 0.29) is 25.2 Å². The third-order valence-electron chi connectivity index (χ3n) is 10.9. The fourth-order valence-electron chi connectivity index (χ4n) is 7.82. The number of nitrogens with one attached hydrogen (secondary N) is 3. The van der Waals surface area contributed by atoms with Crippen molar-refractivity contribution < 1.29 is 28.6 Å². The summed E-state index contributed by atoms with van der Waals surface area (Å²) in [6.07, 6.45) is 4.04. The number of aromatic amines is 2. The van der Waals surface area contributed by atoms with E-state index >= 15 is 0 Å². The van der Waals surface area contributed by atoms with Crippen LogP contribution in [-0.2, 0) is 40.6 Å². The van der Waals surface area contributed by atoms with E-state index < -0.39 is 12.1 Å². The van der Waals surface area contributed by atoms with E-state index in [9.17, 15) is 14.4 Å². The highest BCUT2D eigenvalue weighted by Gasteiger charge is 2.29. The zero-order valence-corrected chi connectivity index (χ0v) is 35.0. The van der Waals surface area contributed by atoms with Crippen LogP contribution in [0.4, 0.5) is 9.59 Å². The average molecular weight is 832 g/mol. The lowest BCUT2D eigenvalue weighted by Gasteiger charge is -2.27. The lowest BCUT2D eigenvalue weighted by molar-refractivity contribution is -0.134. The summed E-state index contributed by atoms with van der Waals surface area (Å²) >= 11 is 0. The Balaban J connectivity index is 0.955. The van der Waals surface area contributed by atoms with E-state index in [1.807, 2.05) is 74.5 Å². The van der Waals surface area contributed by atoms with Crippen LogP contribution in [-0.4, -0.2) is 68.0 Å². The number of aromatic nitrogens is 4. The molecule has 13 nitrogen and oxygen atoms in total. The van der Waals surface area contributed by atoms with Crippen LogP contribution < -0.4 is 10.1 Å². The predicted molar refractivity (Wildman–Crippen MR) is 237 cm³/mol. The molecular formula is C49H49N7O6. The molecule has 2 aromatic heterocycles. The first-order valence-corrected chi connectivity index (χ1v) is 20.9. The number of methoxy groups -OCH3 is 1. The number of hydrogen-bond donors (Lipinski definition) is 3. The molecule has 3 N–H and O–H groups in total. The highest BCUT2D eigenvalue weighted by Crippen LogP contribution is 2.44. The van der Waals surface area contributed by atoms with E-state index in [1.54, 1.807) is 22.2 Å². The molecule has 0 radical (unpaired) electrons. The molecule has 7 aromatic rings. The van der Waals surface area contributed by atoms with Crippen LogP contribution in [0.5, 0.6) is 5.75 Å². The number of ether oxygens (including phenoxy) is 3. The van der Waals surface area contributed by atoms with E-state index in [4.69, 9.17) is 14.2 Å². The summed E-state index contributed by atoms with van der Waals surface area (Å²) < 4.78 is 16.9. The van der Waals surface area contributed by atoms with E-state index in [0.29, 0.717) is 43.5 Å². The first-order valence-electron chi connectivity index (χ1n) is 20.9. The van der Waals surface area contributed by atoms with Gasteiger partial charge in [0, 0.05) is 29.6 Å². The highest BCUT2D eigenvalue weighted by molar-refractivity contribution is 5.98. The molecule has 0 unspecified atom stereocenters. The molecule has 13 heteroatoms. The topological polar surface area (TPSA) is 155 Å². The normalized spacial score (nSPS) is 12.1. The van der Waals surface area contributed by atoms with E-state index in [0.717, 1.165) is 74.1 Å². The number of rotatable bonds is 15. The second kappa shape index (κ2) is 18.9. The zero-order chi connectivity index (χ0) is 43.0. The molecular weight excluding hydrogens is 783 g/mol. The molecule has 5 aromatic carbocycles. The molecule has 62 heavy (non-hydrogen) atoms. The molecule has 316 valence electrons. The van der Waals surface area contributed by atoms with Crippen molar-refractivity contribution in [1.29, 1.82) is 0 Å². The van der Waals surface area contributed by atoms with Crippen LogP contribution >= 0.6 is 0 Å². The number of hydrogen-bond acceptors (Lipinski definition) is 8. The van der Waals surface area contributed by atoms with Crippen molar-refractivity contribution in [3.8, 4) is 39.4 Å². The molecule has 3 amide bonds. The Hall–Kier alpha value is -7.41. The quantitative estimate of drug-likeness (QED) is 0.0923. The van der Waals surface area contributed by atoms with Crippen molar-refractivity contribution in [1.82, 2.24) is 35.1 Å². The van der Waals surface area contributed by atoms with Gasteiger partial charge in [-0.1, -0.05) is 105 Å². The maximum atomic E-state index is 13.9. The van der Waals surface area contributed by atoms with Crippen LogP contribution in [0.25, 0.3) is 44.4 Å². The van der Waals surface area contributed by atoms with Gasteiger partial charge in [-0.15, -0.1) is 0 Å². The zero-order valence-electron chi connectivity index (χ0n) is 35.0. The van der Waals surface area contributed by atoms with Gasteiger partial charge in [0.1, 0.15) is 36.7 Å². The van der Waals surface area contributed by atoms with E-state index in [2.05, 4.69) is 73.8 Å². The summed E-state index contributed by atoms with van der Waals surface area (Å²) in [5.41, 5.74) is 8.36. The fourth-order valence-corrected chi connectivity index (χ4v) is 7.82. The van der Waals surface area contributed by atoms with Gasteiger partial charge in [-0.25, -0.2) is 19.6 Å². The van der Waals surface area contributed by atoms with Crippen LogP contribution in [0.1, 0.15) is 61.1 Å². The predicted octanol–water partition coefficient (Wildman–Crippen LogP) is 9.56. The minimum absolute atomic E-state index is 0.217. The first-order chi connectivity index (χ1) is 30.3. The molecule has 0 fully saturated rings. The molecule has 0 aliphatic carbocycles. The third-order valence-corrected chi connectivity index (χ3v) is 10.9. The van der Waals surface area contributed by atoms with Crippen molar-refractivity contribution in [2.24, 2.45) is 0 Å². The molecule has 0 bridgehead atoms. The standard InChI is InChI=1S/C49H49N7O6/c1-4-22-55(47(57)45(54-48(58)60-3)33-14-10-7-11-15-33)28-43-50-27-42(52-43)36-17-19-38-37(25-36)31-61-46-39-20-18-35(24-34(39)16-21-40(38)46)41-26-51-44(53-41)29-56(23-5-2)49(59)62-30-32-12-8-6-9-13-32/h6-21,24-27,45H,4-5,22-23,28-31H2,1-3H3,(H,50,52)(H,51,53)(H,54,58)/t45-/m1/s1. The number of amides is 3. The van der Waals surface area contributed by atoms with Crippen molar-refractivity contribution in [2.75, 3.05) is 20.2 Å². The second-order valence-electron chi connectivity index (χ2n) is 15.2. The Morgan fingerprint density at radius 3 is 2.08 bits per heavy atom.